The van der Waals surface area contributed by atoms with Crippen LogP contribution < -0.4 is 5.32 Å². The smallest absolute Gasteiger partial charge is 0.256 e. The summed E-state index contributed by atoms with van der Waals surface area (Å²) in [6, 6.07) is 24.8. The molecule has 3 aromatic rings. The molecule has 1 N–H and O–H groups in total. The molecule has 0 fully saturated rings. The zero-order chi connectivity index (χ0) is 19.9. The minimum Gasteiger partial charge on any atom is -0.337 e. The normalized spacial score (nSPS) is 10.4. The summed E-state index contributed by atoms with van der Waals surface area (Å²) in [4.78, 5) is 27.0. The molecule has 4 heteroatoms. The third kappa shape index (κ3) is 5.07. The summed E-state index contributed by atoms with van der Waals surface area (Å²) < 4.78 is 0. The predicted molar refractivity (Wildman–Crippen MR) is 112 cm³/mol. The zero-order valence-corrected chi connectivity index (χ0v) is 16.2. The molecular formula is C24H24N2O2. The number of hydrogen-bond donors (Lipinski definition) is 1. The van der Waals surface area contributed by atoms with Gasteiger partial charge in [-0.15, -0.1) is 0 Å². The Morgan fingerprint density at radius 1 is 0.821 bits per heavy atom. The first-order valence-electron chi connectivity index (χ1n) is 9.27. The molecule has 2 amide bonds. The Labute approximate surface area is 165 Å². The third-order valence-corrected chi connectivity index (χ3v) is 4.53. The van der Waals surface area contributed by atoms with Gasteiger partial charge in [0.1, 0.15) is 0 Å². The van der Waals surface area contributed by atoms with Crippen molar-refractivity contribution in [2.24, 2.45) is 0 Å². The van der Waals surface area contributed by atoms with Crippen molar-refractivity contribution < 1.29 is 9.59 Å². The second-order valence-corrected chi connectivity index (χ2v) is 6.90. The van der Waals surface area contributed by atoms with Gasteiger partial charge in [-0.3, -0.25) is 9.59 Å². The maximum Gasteiger partial charge on any atom is 0.256 e. The maximum atomic E-state index is 12.9. The molecule has 3 rings (SSSR count). The summed E-state index contributed by atoms with van der Waals surface area (Å²) in [7, 11) is 1.76. The Bertz CT molecular complexity index is 950. The van der Waals surface area contributed by atoms with E-state index >= 15 is 0 Å². The van der Waals surface area contributed by atoms with Gasteiger partial charge in [-0.05, 0) is 30.2 Å². The van der Waals surface area contributed by atoms with Crippen LogP contribution >= 0.6 is 0 Å². The van der Waals surface area contributed by atoms with E-state index in [4.69, 9.17) is 0 Å². The van der Waals surface area contributed by atoms with Crippen molar-refractivity contribution in [1.82, 2.24) is 4.90 Å². The number of nitrogens with one attached hydrogen (secondary N) is 1. The van der Waals surface area contributed by atoms with Gasteiger partial charge in [0, 0.05) is 13.6 Å². The van der Waals surface area contributed by atoms with Gasteiger partial charge in [0.2, 0.25) is 5.91 Å². The van der Waals surface area contributed by atoms with E-state index in [1.165, 1.54) is 0 Å². The van der Waals surface area contributed by atoms with Crippen LogP contribution in [0.25, 0.3) is 0 Å². The molecule has 4 nitrogen and oxygen atoms in total. The van der Waals surface area contributed by atoms with Crippen molar-refractivity contribution in [3.63, 3.8) is 0 Å². The second kappa shape index (κ2) is 9.00. The lowest BCUT2D eigenvalue weighted by Gasteiger charge is -2.19. The number of anilines is 1. The van der Waals surface area contributed by atoms with Gasteiger partial charge in [-0.1, -0.05) is 72.3 Å². The van der Waals surface area contributed by atoms with Gasteiger partial charge in [-0.25, -0.2) is 0 Å². The Morgan fingerprint density at radius 2 is 1.46 bits per heavy atom. The first kappa shape index (κ1) is 19.4. The second-order valence-electron chi connectivity index (χ2n) is 6.90. The fourth-order valence-electron chi connectivity index (χ4n) is 3.00. The first-order valence-corrected chi connectivity index (χ1v) is 9.27. The van der Waals surface area contributed by atoms with Crippen LogP contribution in [-0.4, -0.2) is 23.8 Å². The average molecular weight is 372 g/mol. The van der Waals surface area contributed by atoms with Crippen LogP contribution in [0.1, 0.15) is 27.0 Å². The summed E-state index contributed by atoms with van der Waals surface area (Å²) >= 11 is 0. The van der Waals surface area contributed by atoms with Gasteiger partial charge in [0.15, 0.2) is 0 Å². The number of carbonyl (C=O) groups is 2. The van der Waals surface area contributed by atoms with Crippen LogP contribution in [0.4, 0.5) is 5.69 Å². The average Bonchev–Trinajstić information content (AvgIpc) is 2.70. The van der Waals surface area contributed by atoms with Gasteiger partial charge in [-0.2, -0.15) is 0 Å². The highest BCUT2D eigenvalue weighted by Gasteiger charge is 2.17. The van der Waals surface area contributed by atoms with E-state index < -0.39 is 0 Å². The molecule has 28 heavy (non-hydrogen) atoms. The Morgan fingerprint density at radius 3 is 2.18 bits per heavy atom. The maximum absolute atomic E-state index is 12.9. The molecule has 0 aliphatic rings. The highest BCUT2D eigenvalue weighted by atomic mass is 16.2. The molecule has 3 aromatic carbocycles. The molecule has 0 heterocycles. The minimum absolute atomic E-state index is 0.130. The lowest BCUT2D eigenvalue weighted by Crippen LogP contribution is -2.27. The molecule has 0 unspecified atom stereocenters. The number of amides is 2. The van der Waals surface area contributed by atoms with E-state index in [2.05, 4.69) is 5.32 Å². The van der Waals surface area contributed by atoms with Crippen molar-refractivity contribution in [3.05, 3.63) is 101 Å². The molecule has 0 atom stereocenters. The van der Waals surface area contributed by atoms with Gasteiger partial charge in [0.05, 0.1) is 17.7 Å². The monoisotopic (exact) mass is 372 g/mol. The molecule has 0 aromatic heterocycles. The van der Waals surface area contributed by atoms with E-state index in [9.17, 15) is 9.59 Å². The molecule has 0 spiro atoms. The topological polar surface area (TPSA) is 49.4 Å². The molecule has 0 aliphatic heterocycles. The molecule has 142 valence electrons. The number of carbonyl (C=O) groups excluding carboxylic acids is 2. The first-order chi connectivity index (χ1) is 13.5. The van der Waals surface area contributed by atoms with Crippen LogP contribution in [-0.2, 0) is 17.8 Å². The summed E-state index contributed by atoms with van der Waals surface area (Å²) in [6.45, 7) is 2.52. The largest absolute Gasteiger partial charge is 0.337 e. The fourth-order valence-corrected chi connectivity index (χ4v) is 3.00. The van der Waals surface area contributed by atoms with Crippen LogP contribution in [0.2, 0.25) is 0 Å². The molecule has 0 bridgehead atoms. The predicted octanol–water partition coefficient (Wildman–Crippen LogP) is 4.45. The summed E-state index contributed by atoms with van der Waals surface area (Å²) in [6.07, 6.45) is 0.267. The van der Waals surface area contributed by atoms with Crippen LogP contribution in [0, 0.1) is 6.92 Å². The van der Waals surface area contributed by atoms with Crippen LogP contribution in [0.15, 0.2) is 78.9 Å². The number of para-hydroxylation sites is 1. The highest BCUT2D eigenvalue weighted by Crippen LogP contribution is 2.18. The van der Waals surface area contributed by atoms with E-state index in [1.54, 1.807) is 30.1 Å². The molecule has 0 saturated heterocycles. The molecule has 0 saturated carbocycles. The number of benzene rings is 3. The van der Waals surface area contributed by atoms with E-state index in [-0.39, 0.29) is 18.2 Å². The summed E-state index contributed by atoms with van der Waals surface area (Å²) in [5.74, 6) is -0.273. The van der Waals surface area contributed by atoms with Gasteiger partial charge >= 0.3 is 0 Å². The third-order valence-electron chi connectivity index (χ3n) is 4.53. The Hall–Kier alpha value is -3.40. The SMILES string of the molecule is Cc1ccc(CC(=O)Nc2ccccc2C(=O)N(C)Cc2ccccc2)cc1. The lowest BCUT2D eigenvalue weighted by molar-refractivity contribution is -0.115. The van der Waals surface area contributed by atoms with Crippen molar-refractivity contribution in [3.8, 4) is 0 Å². The van der Waals surface area contributed by atoms with E-state index in [0.29, 0.717) is 17.8 Å². The Kier molecular flexibility index (Phi) is 6.22. The fraction of sp³-hybridized carbons (Fsp3) is 0.167. The van der Waals surface area contributed by atoms with Crippen LogP contribution in [0.5, 0.6) is 0 Å². The zero-order valence-electron chi connectivity index (χ0n) is 16.2. The number of rotatable bonds is 6. The van der Waals surface area contributed by atoms with E-state index in [1.807, 2.05) is 67.6 Å². The quantitative estimate of drug-likeness (QED) is 0.695. The van der Waals surface area contributed by atoms with Crippen molar-refractivity contribution in [1.29, 1.82) is 0 Å². The van der Waals surface area contributed by atoms with Crippen molar-refractivity contribution in [2.45, 2.75) is 19.9 Å². The van der Waals surface area contributed by atoms with Crippen molar-refractivity contribution >= 4 is 17.5 Å². The molecule has 0 aliphatic carbocycles. The van der Waals surface area contributed by atoms with E-state index in [0.717, 1.165) is 16.7 Å². The van der Waals surface area contributed by atoms with Crippen LogP contribution in [0.3, 0.4) is 0 Å². The highest BCUT2D eigenvalue weighted by molar-refractivity contribution is 6.04. The standard InChI is InChI=1S/C24H24N2O2/c1-18-12-14-19(15-13-18)16-23(27)25-22-11-7-6-10-21(22)24(28)26(2)17-20-8-4-3-5-9-20/h3-15H,16-17H2,1-2H3,(H,25,27). The number of aryl methyl sites for hydroxylation is 1. The molecular weight excluding hydrogens is 348 g/mol. The van der Waals surface area contributed by atoms with Gasteiger partial charge in [0.25, 0.3) is 5.91 Å². The summed E-state index contributed by atoms with van der Waals surface area (Å²) in [5.41, 5.74) is 4.16. The molecule has 0 radical (unpaired) electrons. The number of hydrogen-bond acceptors (Lipinski definition) is 2. The van der Waals surface area contributed by atoms with Gasteiger partial charge < -0.3 is 10.2 Å². The van der Waals surface area contributed by atoms with Crippen molar-refractivity contribution in [2.75, 3.05) is 12.4 Å². The number of nitrogens with zero attached hydrogens (tertiary/aromatic N) is 1. The summed E-state index contributed by atoms with van der Waals surface area (Å²) in [5, 5.41) is 2.89. The minimum atomic E-state index is -0.144. The lowest BCUT2D eigenvalue weighted by atomic mass is 10.1. The Balaban J connectivity index is 1.70.